The third-order valence-electron chi connectivity index (χ3n) is 7.10. The lowest BCUT2D eigenvalue weighted by Crippen LogP contribution is -2.74. The van der Waals surface area contributed by atoms with Crippen LogP contribution in [0.15, 0.2) is 59.5 Å². The molecule has 17 nitrogen and oxygen atoms in total. The summed E-state index contributed by atoms with van der Waals surface area (Å²) in [7, 11) is 0. The first kappa shape index (κ1) is 32.0. The number of benzene rings is 1. The molecule has 4 heterocycles. The summed E-state index contributed by atoms with van der Waals surface area (Å²) < 4.78 is 1.68. The maximum Gasteiger partial charge on any atom is 0.352 e. The molecule has 4 atom stereocenters. The number of carboxylic acid groups (broad SMARTS) is 2. The van der Waals surface area contributed by atoms with Crippen LogP contribution in [0.3, 0.4) is 0 Å². The van der Waals surface area contributed by atoms with Crippen LogP contribution in [0, 0.1) is 5.41 Å². The Morgan fingerprint density at radius 2 is 2.07 bits per heavy atom. The number of nitrogens with two attached hydrogens (primary N) is 2. The van der Waals surface area contributed by atoms with Crippen molar-refractivity contribution in [3.05, 3.63) is 65.6 Å². The van der Waals surface area contributed by atoms with Crippen molar-refractivity contribution in [1.82, 2.24) is 20.2 Å². The van der Waals surface area contributed by atoms with Gasteiger partial charge in [-0.25, -0.2) is 14.3 Å². The first-order valence-corrected chi connectivity index (χ1v) is 15.2. The Labute approximate surface area is 267 Å². The molecule has 0 aliphatic carbocycles. The van der Waals surface area contributed by atoms with Gasteiger partial charge in [-0.15, -0.1) is 23.1 Å². The Morgan fingerprint density at radius 1 is 1.28 bits per heavy atom. The number of aromatic nitrogens is 3. The highest BCUT2D eigenvalue weighted by Gasteiger charge is 2.55. The summed E-state index contributed by atoms with van der Waals surface area (Å²) >= 11 is 2.11. The number of aliphatic carboxylic acids is 2. The quantitative estimate of drug-likeness (QED) is 0.0333. The predicted molar refractivity (Wildman–Crippen MR) is 160 cm³/mol. The van der Waals surface area contributed by atoms with Gasteiger partial charge in [0.1, 0.15) is 23.7 Å². The molecule has 2 aromatic heterocycles. The number of β-lactam (4-membered cyclic amide) rings is 1. The van der Waals surface area contributed by atoms with Crippen molar-refractivity contribution in [3.63, 3.8) is 0 Å². The van der Waals surface area contributed by atoms with Crippen molar-refractivity contribution in [2.75, 3.05) is 23.8 Å². The molecule has 0 saturated carbocycles. The van der Waals surface area contributed by atoms with Gasteiger partial charge in [0, 0.05) is 29.3 Å². The number of nitrogens with zero attached hydrogens (tertiary/aromatic N) is 5. The summed E-state index contributed by atoms with van der Waals surface area (Å²) in [6, 6.07) is 3.72. The van der Waals surface area contributed by atoms with Gasteiger partial charge in [-0.2, -0.15) is 0 Å². The summed E-state index contributed by atoms with van der Waals surface area (Å²) in [5.41, 5.74) is 9.17. The first-order chi connectivity index (χ1) is 21.9. The largest absolute Gasteiger partial charge is 0.549 e. The van der Waals surface area contributed by atoms with Crippen molar-refractivity contribution in [2.24, 2.45) is 10.6 Å². The number of carbonyl (C=O) groups is 4. The van der Waals surface area contributed by atoms with E-state index < -0.39 is 63.9 Å². The minimum absolute atomic E-state index is 0.0454. The van der Waals surface area contributed by atoms with Crippen LogP contribution in [-0.4, -0.2) is 83.4 Å². The molecular weight excluding hydrogens is 644 g/mol. The van der Waals surface area contributed by atoms with Crippen LogP contribution < -0.4 is 26.5 Å². The Kier molecular flexibility index (Phi) is 8.96. The number of hydrogen-bond acceptors (Lipinski definition) is 15. The van der Waals surface area contributed by atoms with Crippen LogP contribution in [0.4, 0.5) is 10.9 Å². The number of oxime groups is 1. The Morgan fingerprint density at radius 3 is 2.70 bits per heavy atom. The number of carboxylic acids is 2. The second-order valence-electron chi connectivity index (χ2n) is 10.2. The normalized spacial score (nSPS) is 21.7. The van der Waals surface area contributed by atoms with Gasteiger partial charge < -0.3 is 51.7 Å². The molecule has 2 aliphatic rings. The molecule has 3 aromatic rings. The number of nitrogen functional groups attached to an aromatic ring is 2. The number of anilines is 2. The maximum absolute atomic E-state index is 13.4. The van der Waals surface area contributed by atoms with E-state index >= 15 is 0 Å². The average molecular weight is 671 g/mol. The number of nitrogens with one attached hydrogen (secondary N) is 1. The fourth-order valence-electron chi connectivity index (χ4n) is 4.66. The molecular formula is C27H26N8O9S2. The lowest BCUT2D eigenvalue weighted by molar-refractivity contribution is -0.689. The lowest BCUT2D eigenvalue weighted by atomic mass is 9.86. The molecule has 0 radical (unpaired) electrons. The molecule has 2 fully saturated rings. The summed E-state index contributed by atoms with van der Waals surface area (Å²) in [4.78, 5) is 65.2. The smallest absolute Gasteiger partial charge is 0.352 e. The highest BCUT2D eigenvalue weighted by atomic mass is 32.2. The van der Waals surface area contributed by atoms with E-state index in [1.54, 1.807) is 22.9 Å². The summed E-state index contributed by atoms with van der Waals surface area (Å²) in [5.74, 6) is -5.09. The molecule has 2 amide bonds. The fraction of sp³-hybridized carbons (Fsp3) is 0.259. The van der Waals surface area contributed by atoms with Crippen LogP contribution >= 0.6 is 23.1 Å². The predicted octanol–water partition coefficient (Wildman–Crippen LogP) is -1.66. The van der Waals surface area contributed by atoms with Gasteiger partial charge in [-0.1, -0.05) is 17.3 Å². The summed E-state index contributed by atoms with van der Waals surface area (Å²) in [6.07, 6.45) is 4.48. The molecule has 240 valence electrons. The topological polar surface area (TPSA) is 271 Å². The van der Waals surface area contributed by atoms with Crippen LogP contribution in [0.2, 0.25) is 0 Å². The van der Waals surface area contributed by atoms with E-state index in [2.05, 4.69) is 20.4 Å². The number of aromatic hydroxyl groups is 2. The SMILES string of the molecule is Nc1cc[n+](CC=CC2(C(=O)[O-])CS[C@@H]3C(NC(=O)C(=NOC(C(=O)O)c4ccc(O)c(O)c4)c4csc(N)n4)C(=O)N3C2)cn1. The zero-order chi connectivity index (χ0) is 33.2. The number of amides is 2. The number of phenols is 2. The van der Waals surface area contributed by atoms with Crippen molar-refractivity contribution in [2.45, 2.75) is 24.1 Å². The van der Waals surface area contributed by atoms with E-state index in [4.69, 9.17) is 16.3 Å². The number of hydrogen-bond donors (Lipinski definition) is 6. The Bertz CT molecular complexity index is 1750. The van der Waals surface area contributed by atoms with E-state index in [1.807, 2.05) is 0 Å². The summed E-state index contributed by atoms with van der Waals surface area (Å²) in [6.45, 7) is 0.108. The summed E-state index contributed by atoms with van der Waals surface area (Å²) in [5, 5.41) is 48.4. The van der Waals surface area contributed by atoms with Crippen molar-refractivity contribution >= 4 is 63.5 Å². The van der Waals surface area contributed by atoms with Gasteiger partial charge in [0.05, 0.1) is 17.6 Å². The Hall–Kier alpha value is -5.43. The number of thiazole rings is 1. The molecule has 0 spiro atoms. The van der Waals surface area contributed by atoms with Gasteiger partial charge in [0.15, 0.2) is 22.3 Å². The van der Waals surface area contributed by atoms with E-state index in [-0.39, 0.29) is 28.7 Å². The van der Waals surface area contributed by atoms with E-state index in [0.717, 1.165) is 35.2 Å². The third kappa shape index (κ3) is 6.49. The number of thioether (sulfide) groups is 1. The van der Waals surface area contributed by atoms with E-state index in [0.29, 0.717) is 12.4 Å². The van der Waals surface area contributed by atoms with Crippen LogP contribution in [0.1, 0.15) is 17.4 Å². The standard InChI is InChI=1S/C27H26N8O9S2/c28-17-4-7-34(12-30-17)6-1-5-27(25(42)43)10-35-22(39)19(23(35)46-11-27)32-21(38)18(14-9-45-26(29)31-14)33-44-20(24(40)41)13-2-3-15(36)16(37)8-13/h1-5,7-9,12,19-20,23,28H,6,10-11H2,(H7,29,31,32,33,36,37,38,40,41,42,43)/t19?,20?,23-,27?/m1/s1. The monoisotopic (exact) mass is 670 g/mol. The second-order valence-corrected chi connectivity index (χ2v) is 12.2. The van der Waals surface area contributed by atoms with Crippen molar-refractivity contribution in [1.29, 1.82) is 0 Å². The molecule has 19 heteroatoms. The zero-order valence-electron chi connectivity index (χ0n) is 23.5. The zero-order valence-corrected chi connectivity index (χ0v) is 25.2. The van der Waals surface area contributed by atoms with Crippen LogP contribution in [-0.2, 0) is 30.6 Å². The third-order valence-corrected chi connectivity index (χ3v) is 9.32. The number of carbonyl (C=O) groups excluding carboxylic acids is 3. The number of fused-ring (bicyclic) bond motifs is 1. The molecule has 8 N–H and O–H groups in total. The van der Waals surface area contributed by atoms with Crippen molar-refractivity contribution < 1.29 is 49.0 Å². The molecule has 2 aliphatic heterocycles. The van der Waals surface area contributed by atoms with E-state index in [1.165, 1.54) is 28.7 Å². The Balaban J connectivity index is 1.30. The molecule has 2 saturated heterocycles. The van der Waals surface area contributed by atoms with E-state index in [9.17, 15) is 39.6 Å². The average Bonchev–Trinajstić information content (AvgIpc) is 3.45. The van der Waals surface area contributed by atoms with Crippen LogP contribution in [0.25, 0.3) is 0 Å². The second kappa shape index (κ2) is 12.9. The molecule has 46 heavy (non-hydrogen) atoms. The van der Waals surface area contributed by atoms with Crippen LogP contribution in [0.5, 0.6) is 11.5 Å². The number of rotatable bonds is 11. The minimum Gasteiger partial charge on any atom is -0.549 e. The van der Waals surface area contributed by atoms with Crippen molar-refractivity contribution in [3.8, 4) is 11.5 Å². The fourth-order valence-corrected chi connectivity index (χ4v) is 6.71. The van der Waals surface area contributed by atoms with Gasteiger partial charge >= 0.3 is 5.97 Å². The highest BCUT2D eigenvalue weighted by molar-refractivity contribution is 8.00. The number of allylic oxidation sites excluding steroid dienone is 1. The van der Waals surface area contributed by atoms with Gasteiger partial charge in [-0.3, -0.25) is 9.59 Å². The molecule has 3 unspecified atom stereocenters. The van der Waals surface area contributed by atoms with Gasteiger partial charge in [0.2, 0.25) is 17.8 Å². The molecule has 5 rings (SSSR count). The minimum atomic E-state index is -1.81. The lowest BCUT2D eigenvalue weighted by Gasteiger charge is -2.54. The highest BCUT2D eigenvalue weighted by Crippen LogP contribution is 2.42. The van der Waals surface area contributed by atoms with Gasteiger partial charge in [0.25, 0.3) is 12.2 Å². The molecule has 1 aromatic carbocycles. The molecule has 0 bridgehead atoms. The number of phenolic OH excluding ortho intramolecular Hbond substituents is 2. The first-order valence-electron chi connectivity index (χ1n) is 13.3. The maximum atomic E-state index is 13.4. The van der Waals surface area contributed by atoms with Gasteiger partial charge in [-0.05, 0) is 23.2 Å².